The van der Waals surface area contributed by atoms with Gasteiger partial charge in [0.2, 0.25) is 11.8 Å². The van der Waals surface area contributed by atoms with Crippen LogP contribution in [0.15, 0.2) is 18.3 Å². The quantitative estimate of drug-likeness (QED) is 0.835. The molecule has 0 unspecified atom stereocenters. The second-order valence-electron chi connectivity index (χ2n) is 6.12. The first-order chi connectivity index (χ1) is 10.3. The molecule has 2 heterocycles. The molecule has 1 aliphatic heterocycles. The molecule has 0 bridgehead atoms. The summed E-state index contributed by atoms with van der Waals surface area (Å²) >= 11 is 0. The summed E-state index contributed by atoms with van der Waals surface area (Å²) in [6.07, 6.45) is 9.63. The maximum atomic E-state index is 12.2. The molecular formula is C16H23N3O2. The van der Waals surface area contributed by atoms with Gasteiger partial charge >= 0.3 is 0 Å². The predicted molar refractivity (Wildman–Crippen MR) is 78.8 cm³/mol. The third-order valence-electron chi connectivity index (χ3n) is 4.57. The van der Waals surface area contributed by atoms with E-state index >= 15 is 0 Å². The van der Waals surface area contributed by atoms with Crippen molar-refractivity contribution in [3.8, 4) is 5.88 Å². The zero-order valence-electron chi connectivity index (χ0n) is 12.4. The Bertz CT molecular complexity index is 460. The van der Waals surface area contributed by atoms with Crippen molar-refractivity contribution in [1.29, 1.82) is 0 Å². The van der Waals surface area contributed by atoms with Gasteiger partial charge in [-0.2, -0.15) is 5.10 Å². The Labute approximate surface area is 125 Å². The summed E-state index contributed by atoms with van der Waals surface area (Å²) in [6.45, 7) is 1.48. The normalized spacial score (nSPS) is 22.7. The molecule has 0 aromatic carbocycles. The summed E-state index contributed by atoms with van der Waals surface area (Å²) < 4.78 is 5.77. The van der Waals surface area contributed by atoms with E-state index in [0.717, 1.165) is 25.3 Å². The lowest BCUT2D eigenvalue weighted by Gasteiger charge is -2.18. The van der Waals surface area contributed by atoms with E-state index < -0.39 is 0 Å². The Morgan fingerprint density at radius 3 is 2.95 bits per heavy atom. The molecule has 1 aromatic rings. The molecule has 1 aromatic heterocycles. The van der Waals surface area contributed by atoms with Crippen molar-refractivity contribution >= 4 is 5.91 Å². The van der Waals surface area contributed by atoms with Crippen LogP contribution in [0.5, 0.6) is 5.88 Å². The van der Waals surface area contributed by atoms with Gasteiger partial charge in [-0.3, -0.25) is 4.79 Å². The monoisotopic (exact) mass is 289 g/mol. The first-order valence-corrected chi connectivity index (χ1v) is 8.03. The number of carbonyl (C=O) groups is 1. The van der Waals surface area contributed by atoms with Gasteiger partial charge in [-0.15, -0.1) is 5.10 Å². The van der Waals surface area contributed by atoms with E-state index in [1.807, 2.05) is 11.0 Å². The lowest BCUT2D eigenvalue weighted by Crippen LogP contribution is -2.31. The molecule has 21 heavy (non-hydrogen) atoms. The number of carbonyl (C=O) groups excluding carboxylic acids is 1. The SMILES string of the molecule is O=C(CCC1CCCC1)N1CC[C@H](Oc2cccnn2)C1. The lowest BCUT2D eigenvalue weighted by molar-refractivity contribution is -0.130. The van der Waals surface area contributed by atoms with Crippen LogP contribution in [0.1, 0.15) is 44.9 Å². The van der Waals surface area contributed by atoms with Crippen molar-refractivity contribution in [2.75, 3.05) is 13.1 Å². The van der Waals surface area contributed by atoms with E-state index in [9.17, 15) is 4.79 Å². The third kappa shape index (κ3) is 3.93. The van der Waals surface area contributed by atoms with E-state index in [0.29, 0.717) is 18.8 Å². The first kappa shape index (κ1) is 14.3. The number of hydrogen-bond acceptors (Lipinski definition) is 4. The highest BCUT2D eigenvalue weighted by atomic mass is 16.5. The summed E-state index contributed by atoms with van der Waals surface area (Å²) in [4.78, 5) is 14.2. The van der Waals surface area contributed by atoms with E-state index in [2.05, 4.69) is 10.2 Å². The minimum atomic E-state index is 0.0529. The molecule has 0 spiro atoms. The number of rotatable bonds is 5. The highest BCUT2D eigenvalue weighted by Crippen LogP contribution is 2.29. The third-order valence-corrected chi connectivity index (χ3v) is 4.57. The van der Waals surface area contributed by atoms with E-state index in [1.165, 1.54) is 25.7 Å². The topological polar surface area (TPSA) is 55.3 Å². The van der Waals surface area contributed by atoms with Gasteiger partial charge in [-0.05, 0) is 18.4 Å². The van der Waals surface area contributed by atoms with Crippen LogP contribution in [-0.4, -0.2) is 40.2 Å². The van der Waals surface area contributed by atoms with E-state index in [-0.39, 0.29) is 12.0 Å². The van der Waals surface area contributed by atoms with Crippen molar-refractivity contribution in [2.45, 2.75) is 51.0 Å². The van der Waals surface area contributed by atoms with Crippen LogP contribution in [0.3, 0.4) is 0 Å². The molecule has 1 saturated carbocycles. The lowest BCUT2D eigenvalue weighted by atomic mass is 10.0. The average molecular weight is 289 g/mol. The molecular weight excluding hydrogens is 266 g/mol. The molecule has 3 rings (SSSR count). The maximum Gasteiger partial charge on any atom is 0.233 e. The van der Waals surface area contributed by atoms with Gasteiger partial charge in [0.15, 0.2) is 0 Å². The van der Waals surface area contributed by atoms with Gasteiger partial charge in [-0.25, -0.2) is 0 Å². The van der Waals surface area contributed by atoms with Crippen LogP contribution in [0, 0.1) is 5.92 Å². The number of hydrogen-bond donors (Lipinski definition) is 0. The fraction of sp³-hybridized carbons (Fsp3) is 0.688. The zero-order chi connectivity index (χ0) is 14.5. The van der Waals surface area contributed by atoms with Crippen LogP contribution in [0.2, 0.25) is 0 Å². The Hall–Kier alpha value is -1.65. The predicted octanol–water partition coefficient (Wildman–Crippen LogP) is 2.43. The van der Waals surface area contributed by atoms with Gasteiger partial charge in [0.05, 0.1) is 6.54 Å². The number of nitrogens with zero attached hydrogens (tertiary/aromatic N) is 3. The van der Waals surface area contributed by atoms with Crippen molar-refractivity contribution < 1.29 is 9.53 Å². The average Bonchev–Trinajstić information content (AvgIpc) is 3.17. The van der Waals surface area contributed by atoms with E-state index in [1.54, 1.807) is 12.3 Å². The standard InChI is InChI=1S/C16H23N3O2/c20-16(8-7-13-4-1-2-5-13)19-11-9-14(12-19)21-15-6-3-10-17-18-15/h3,6,10,13-14H,1-2,4-5,7-9,11-12H2/t14-/m0/s1. The van der Waals surface area contributed by atoms with Gasteiger partial charge in [-0.1, -0.05) is 25.7 Å². The Kier molecular flexibility index (Phi) is 4.68. The molecule has 1 aliphatic carbocycles. The van der Waals surface area contributed by atoms with Crippen LogP contribution in [-0.2, 0) is 4.79 Å². The highest BCUT2D eigenvalue weighted by molar-refractivity contribution is 5.76. The number of amides is 1. The molecule has 5 heteroatoms. The van der Waals surface area contributed by atoms with Gasteiger partial charge < -0.3 is 9.64 Å². The smallest absolute Gasteiger partial charge is 0.233 e. The van der Waals surface area contributed by atoms with Crippen LogP contribution in [0.25, 0.3) is 0 Å². The maximum absolute atomic E-state index is 12.2. The molecule has 2 fully saturated rings. The van der Waals surface area contributed by atoms with Crippen LogP contribution in [0.4, 0.5) is 0 Å². The second kappa shape index (κ2) is 6.87. The Balaban J connectivity index is 1.42. The number of ether oxygens (including phenoxy) is 1. The van der Waals surface area contributed by atoms with Gasteiger partial charge in [0.25, 0.3) is 0 Å². The van der Waals surface area contributed by atoms with Gasteiger partial charge in [0, 0.05) is 31.6 Å². The van der Waals surface area contributed by atoms with Crippen molar-refractivity contribution in [3.05, 3.63) is 18.3 Å². The first-order valence-electron chi connectivity index (χ1n) is 8.03. The minimum absolute atomic E-state index is 0.0529. The molecule has 2 aliphatic rings. The summed E-state index contributed by atoms with van der Waals surface area (Å²) in [5.41, 5.74) is 0. The molecule has 0 N–H and O–H groups in total. The Morgan fingerprint density at radius 1 is 1.33 bits per heavy atom. The van der Waals surface area contributed by atoms with E-state index in [4.69, 9.17) is 4.74 Å². The fourth-order valence-electron chi connectivity index (χ4n) is 3.36. The summed E-state index contributed by atoms with van der Waals surface area (Å²) in [5.74, 6) is 1.61. The summed E-state index contributed by atoms with van der Waals surface area (Å²) in [6, 6.07) is 3.61. The second-order valence-corrected chi connectivity index (χ2v) is 6.12. The van der Waals surface area contributed by atoms with Crippen molar-refractivity contribution in [2.24, 2.45) is 5.92 Å². The van der Waals surface area contributed by atoms with Gasteiger partial charge in [0.1, 0.15) is 6.10 Å². The summed E-state index contributed by atoms with van der Waals surface area (Å²) in [7, 11) is 0. The molecule has 5 nitrogen and oxygen atoms in total. The van der Waals surface area contributed by atoms with Crippen molar-refractivity contribution in [1.82, 2.24) is 15.1 Å². The molecule has 114 valence electrons. The molecule has 0 radical (unpaired) electrons. The Morgan fingerprint density at radius 2 is 2.19 bits per heavy atom. The number of aromatic nitrogens is 2. The highest BCUT2D eigenvalue weighted by Gasteiger charge is 2.28. The van der Waals surface area contributed by atoms with Crippen LogP contribution < -0.4 is 4.74 Å². The molecule has 1 atom stereocenters. The van der Waals surface area contributed by atoms with Crippen molar-refractivity contribution in [3.63, 3.8) is 0 Å². The molecule has 1 amide bonds. The molecule has 1 saturated heterocycles. The number of likely N-dealkylation sites (tertiary alicyclic amines) is 1. The minimum Gasteiger partial charge on any atom is -0.471 e. The fourth-order valence-corrected chi connectivity index (χ4v) is 3.36. The largest absolute Gasteiger partial charge is 0.471 e. The zero-order valence-corrected chi connectivity index (χ0v) is 12.4. The summed E-state index contributed by atoms with van der Waals surface area (Å²) in [5, 5.41) is 7.72. The van der Waals surface area contributed by atoms with Crippen LogP contribution >= 0.6 is 0 Å².